The molecule has 1 fully saturated rings. The summed E-state index contributed by atoms with van der Waals surface area (Å²) in [5.41, 5.74) is 1.21. The predicted octanol–water partition coefficient (Wildman–Crippen LogP) is 2.92. The van der Waals surface area contributed by atoms with Crippen LogP contribution in [0.15, 0.2) is 59.5 Å². The SMILES string of the molecule is O=C(CNC(=O)c1ccccc1)NCCN1C(=O)S/C(=C\c2ccc(Cl)cc2)C1=O. The molecule has 0 spiro atoms. The second-order valence-electron chi connectivity index (χ2n) is 6.28. The Morgan fingerprint density at radius 2 is 1.70 bits per heavy atom. The molecular formula is C21H18ClN3O4S. The average molecular weight is 444 g/mol. The van der Waals surface area contributed by atoms with Crippen molar-refractivity contribution < 1.29 is 19.2 Å². The van der Waals surface area contributed by atoms with E-state index in [1.807, 2.05) is 0 Å². The number of hydrogen-bond acceptors (Lipinski definition) is 5. The number of hydrogen-bond donors (Lipinski definition) is 2. The number of amides is 4. The lowest BCUT2D eigenvalue weighted by Crippen LogP contribution is -2.41. The minimum Gasteiger partial charge on any atom is -0.353 e. The van der Waals surface area contributed by atoms with E-state index in [1.54, 1.807) is 60.7 Å². The van der Waals surface area contributed by atoms with Gasteiger partial charge in [0.2, 0.25) is 5.91 Å². The van der Waals surface area contributed by atoms with Crippen LogP contribution in [-0.4, -0.2) is 47.5 Å². The fourth-order valence-electron chi connectivity index (χ4n) is 2.62. The molecule has 0 aromatic heterocycles. The number of benzene rings is 2. The summed E-state index contributed by atoms with van der Waals surface area (Å²) in [6.07, 6.45) is 1.62. The maximum Gasteiger partial charge on any atom is 0.293 e. The number of thioether (sulfide) groups is 1. The molecule has 0 bridgehead atoms. The number of imide groups is 1. The zero-order chi connectivity index (χ0) is 21.5. The highest BCUT2D eigenvalue weighted by Crippen LogP contribution is 2.32. The van der Waals surface area contributed by atoms with Crippen molar-refractivity contribution in [1.29, 1.82) is 0 Å². The third kappa shape index (κ3) is 5.71. The van der Waals surface area contributed by atoms with Gasteiger partial charge >= 0.3 is 0 Å². The van der Waals surface area contributed by atoms with Gasteiger partial charge in [0.25, 0.3) is 17.1 Å². The summed E-state index contributed by atoms with van der Waals surface area (Å²) in [5, 5.41) is 5.28. The highest BCUT2D eigenvalue weighted by atomic mass is 35.5. The maximum atomic E-state index is 12.5. The second-order valence-corrected chi connectivity index (χ2v) is 7.71. The van der Waals surface area contributed by atoms with Crippen molar-refractivity contribution in [2.24, 2.45) is 0 Å². The summed E-state index contributed by atoms with van der Waals surface area (Å²) >= 11 is 6.69. The van der Waals surface area contributed by atoms with Gasteiger partial charge in [0.1, 0.15) is 0 Å². The molecule has 0 radical (unpaired) electrons. The molecule has 2 aromatic carbocycles. The Bertz CT molecular complexity index is 993. The molecule has 1 saturated heterocycles. The minimum atomic E-state index is -0.414. The lowest BCUT2D eigenvalue weighted by Gasteiger charge is -2.13. The maximum absolute atomic E-state index is 12.5. The van der Waals surface area contributed by atoms with Crippen LogP contribution in [0, 0.1) is 0 Å². The van der Waals surface area contributed by atoms with Gasteiger partial charge in [-0.3, -0.25) is 24.1 Å². The van der Waals surface area contributed by atoms with E-state index in [4.69, 9.17) is 11.6 Å². The van der Waals surface area contributed by atoms with Gasteiger partial charge in [0.05, 0.1) is 11.4 Å². The first-order valence-electron chi connectivity index (χ1n) is 9.05. The predicted molar refractivity (Wildman–Crippen MR) is 116 cm³/mol. The van der Waals surface area contributed by atoms with E-state index in [9.17, 15) is 19.2 Å². The molecule has 9 heteroatoms. The van der Waals surface area contributed by atoms with Crippen molar-refractivity contribution >= 4 is 52.4 Å². The van der Waals surface area contributed by atoms with Gasteiger partial charge in [-0.05, 0) is 47.7 Å². The lowest BCUT2D eigenvalue weighted by atomic mass is 10.2. The smallest absolute Gasteiger partial charge is 0.293 e. The number of carbonyl (C=O) groups excluding carboxylic acids is 4. The van der Waals surface area contributed by atoms with Gasteiger partial charge in [-0.15, -0.1) is 0 Å². The Hall–Kier alpha value is -3.10. The van der Waals surface area contributed by atoms with E-state index in [0.29, 0.717) is 15.5 Å². The second kappa shape index (κ2) is 10.1. The molecule has 30 heavy (non-hydrogen) atoms. The molecule has 0 atom stereocenters. The van der Waals surface area contributed by atoms with Crippen LogP contribution in [0.4, 0.5) is 4.79 Å². The Kier molecular flexibility index (Phi) is 7.26. The van der Waals surface area contributed by atoms with Gasteiger partial charge in [-0.25, -0.2) is 0 Å². The highest BCUT2D eigenvalue weighted by Gasteiger charge is 2.34. The van der Waals surface area contributed by atoms with E-state index in [2.05, 4.69) is 10.6 Å². The van der Waals surface area contributed by atoms with Crippen molar-refractivity contribution in [2.45, 2.75) is 0 Å². The van der Waals surface area contributed by atoms with E-state index < -0.39 is 17.1 Å². The first-order chi connectivity index (χ1) is 14.4. The first kappa shape index (κ1) is 21.6. The molecule has 3 rings (SSSR count). The van der Waals surface area contributed by atoms with Crippen molar-refractivity contribution in [3.8, 4) is 0 Å². The van der Waals surface area contributed by atoms with Crippen LogP contribution < -0.4 is 10.6 Å². The quantitative estimate of drug-likeness (QED) is 0.641. The largest absolute Gasteiger partial charge is 0.353 e. The molecule has 2 N–H and O–H groups in total. The van der Waals surface area contributed by atoms with Crippen molar-refractivity contribution in [2.75, 3.05) is 19.6 Å². The van der Waals surface area contributed by atoms with Crippen LogP contribution in [0.2, 0.25) is 5.02 Å². The lowest BCUT2D eigenvalue weighted by molar-refractivity contribution is -0.124. The number of rotatable bonds is 7. The summed E-state index contributed by atoms with van der Waals surface area (Å²) in [7, 11) is 0. The third-order valence-electron chi connectivity index (χ3n) is 4.14. The third-order valence-corrected chi connectivity index (χ3v) is 5.30. The molecule has 1 aliphatic rings. The van der Waals surface area contributed by atoms with Crippen molar-refractivity contribution in [3.63, 3.8) is 0 Å². The normalized spacial score (nSPS) is 14.8. The zero-order valence-electron chi connectivity index (χ0n) is 15.8. The molecule has 2 aromatic rings. The van der Waals surface area contributed by atoms with Crippen LogP contribution >= 0.6 is 23.4 Å². The van der Waals surface area contributed by atoms with Gasteiger partial charge in [0.15, 0.2) is 0 Å². The standard InChI is InChI=1S/C21H18ClN3O4S/c22-16-8-6-14(7-9-16)12-17-20(28)25(21(29)30-17)11-10-23-18(26)13-24-19(27)15-4-2-1-3-5-15/h1-9,12H,10-11,13H2,(H,23,26)(H,24,27)/b17-12-. The van der Waals surface area contributed by atoms with E-state index in [0.717, 1.165) is 22.2 Å². The topological polar surface area (TPSA) is 95.6 Å². The van der Waals surface area contributed by atoms with E-state index >= 15 is 0 Å². The van der Waals surface area contributed by atoms with Gasteiger partial charge in [-0.1, -0.05) is 41.9 Å². The van der Waals surface area contributed by atoms with Crippen molar-refractivity contribution in [3.05, 3.63) is 75.7 Å². The molecule has 1 aliphatic heterocycles. The van der Waals surface area contributed by atoms with Crippen LogP contribution in [0.5, 0.6) is 0 Å². The number of halogens is 1. The van der Waals surface area contributed by atoms with E-state index in [-0.39, 0.29) is 25.5 Å². The summed E-state index contributed by atoms with van der Waals surface area (Å²) < 4.78 is 0. The van der Waals surface area contributed by atoms with Crippen LogP contribution in [0.3, 0.4) is 0 Å². The molecule has 1 heterocycles. The molecule has 0 unspecified atom stereocenters. The Morgan fingerprint density at radius 1 is 1.00 bits per heavy atom. The van der Waals surface area contributed by atoms with E-state index in [1.165, 1.54) is 0 Å². The summed E-state index contributed by atoms with van der Waals surface area (Å²) in [6.45, 7) is -0.0700. The molecule has 0 aliphatic carbocycles. The minimum absolute atomic E-state index is 0.0427. The molecule has 0 saturated carbocycles. The fourth-order valence-corrected chi connectivity index (χ4v) is 3.62. The number of nitrogens with zero attached hydrogens (tertiary/aromatic N) is 1. The van der Waals surface area contributed by atoms with Gasteiger partial charge in [0, 0.05) is 23.7 Å². The van der Waals surface area contributed by atoms with Gasteiger partial charge in [-0.2, -0.15) is 0 Å². The first-order valence-corrected chi connectivity index (χ1v) is 10.2. The number of carbonyl (C=O) groups is 4. The molecular weight excluding hydrogens is 426 g/mol. The monoisotopic (exact) mass is 443 g/mol. The fraction of sp³-hybridized carbons (Fsp3) is 0.143. The molecule has 4 amide bonds. The van der Waals surface area contributed by atoms with Crippen LogP contribution in [0.25, 0.3) is 6.08 Å². The summed E-state index contributed by atoms with van der Waals surface area (Å²) in [5.74, 6) is -1.18. The zero-order valence-corrected chi connectivity index (χ0v) is 17.3. The van der Waals surface area contributed by atoms with Crippen LogP contribution in [-0.2, 0) is 9.59 Å². The molecule has 7 nitrogen and oxygen atoms in total. The van der Waals surface area contributed by atoms with Gasteiger partial charge < -0.3 is 10.6 Å². The number of nitrogens with one attached hydrogen (secondary N) is 2. The molecule has 154 valence electrons. The highest BCUT2D eigenvalue weighted by molar-refractivity contribution is 8.18. The summed E-state index contributed by atoms with van der Waals surface area (Å²) in [6, 6.07) is 15.4. The summed E-state index contributed by atoms with van der Waals surface area (Å²) in [4.78, 5) is 49.8. The average Bonchev–Trinajstić information content (AvgIpc) is 3.01. The van der Waals surface area contributed by atoms with Crippen LogP contribution in [0.1, 0.15) is 15.9 Å². The Balaban J connectivity index is 1.45. The Labute approximate surface area is 182 Å². The van der Waals surface area contributed by atoms with Crippen molar-refractivity contribution in [1.82, 2.24) is 15.5 Å². The Morgan fingerprint density at radius 3 is 2.40 bits per heavy atom.